The van der Waals surface area contributed by atoms with E-state index in [1.807, 2.05) is 18.2 Å². The van der Waals surface area contributed by atoms with Crippen molar-refractivity contribution in [1.29, 1.82) is 0 Å². The number of hydrogen-bond acceptors (Lipinski definition) is 4. The number of nitrogens with one attached hydrogen (secondary N) is 2. The minimum atomic E-state index is -3.34. The van der Waals surface area contributed by atoms with Gasteiger partial charge in [-0.3, -0.25) is 0 Å². The predicted molar refractivity (Wildman–Crippen MR) is 91.7 cm³/mol. The van der Waals surface area contributed by atoms with Crippen molar-refractivity contribution in [2.45, 2.75) is 23.3 Å². The molecule has 0 bridgehead atoms. The van der Waals surface area contributed by atoms with Gasteiger partial charge in [-0.15, -0.1) is 0 Å². The number of carbonyl (C=O) groups is 1. The third-order valence-electron chi connectivity index (χ3n) is 4.20. The number of carbonyl (C=O) groups excluding carboxylic acids is 1. The topological polar surface area (TPSA) is 88.2 Å². The molecule has 0 unspecified atom stereocenters. The van der Waals surface area contributed by atoms with Crippen molar-refractivity contribution in [3.63, 3.8) is 0 Å². The van der Waals surface area contributed by atoms with Crippen molar-refractivity contribution in [1.82, 2.24) is 10.3 Å². The number of amides is 2. The van der Waals surface area contributed by atoms with Gasteiger partial charge in [-0.2, -0.15) is 0 Å². The maximum Gasteiger partial charge on any atom is 0.319 e. The summed E-state index contributed by atoms with van der Waals surface area (Å²) in [5.41, 5.74) is 1.73. The molecule has 1 aromatic heterocycles. The van der Waals surface area contributed by atoms with E-state index in [1.165, 1.54) is 23.9 Å². The van der Waals surface area contributed by atoms with E-state index in [1.54, 1.807) is 0 Å². The first-order valence-corrected chi connectivity index (χ1v) is 9.55. The molecule has 0 atom stereocenters. The van der Waals surface area contributed by atoms with Crippen molar-refractivity contribution in [3.8, 4) is 0 Å². The second-order valence-electron chi connectivity index (χ2n) is 6.11. The Kier molecular flexibility index (Phi) is 4.28. The molecule has 0 spiro atoms. The molecular weight excluding hydrogens is 326 g/mol. The Morgan fingerprint density at radius 3 is 2.42 bits per heavy atom. The smallest absolute Gasteiger partial charge is 0.319 e. The molecule has 0 radical (unpaired) electrons. The number of nitrogens with zero attached hydrogens (tertiary/aromatic N) is 1. The molecule has 1 saturated carbocycles. The van der Waals surface area contributed by atoms with Crippen LogP contribution in [0.4, 0.5) is 10.5 Å². The second-order valence-corrected chi connectivity index (χ2v) is 8.07. The molecule has 1 aliphatic rings. The van der Waals surface area contributed by atoms with Crippen LogP contribution in [0, 0.1) is 0 Å². The number of anilines is 1. The molecule has 2 N–H and O–H groups in total. The van der Waals surface area contributed by atoms with Crippen molar-refractivity contribution < 1.29 is 13.2 Å². The number of pyridine rings is 1. The summed E-state index contributed by atoms with van der Waals surface area (Å²) >= 11 is 0. The summed E-state index contributed by atoms with van der Waals surface area (Å²) in [5.74, 6) is 0. The molecular formula is C17H19N3O3S. The summed E-state index contributed by atoms with van der Waals surface area (Å²) < 4.78 is 22.7. The van der Waals surface area contributed by atoms with Gasteiger partial charge in [0.25, 0.3) is 0 Å². The Morgan fingerprint density at radius 2 is 1.88 bits per heavy atom. The first-order valence-electron chi connectivity index (χ1n) is 7.66. The highest BCUT2D eigenvalue weighted by atomic mass is 32.2. The second kappa shape index (κ2) is 6.24. The minimum absolute atomic E-state index is 0.0190. The van der Waals surface area contributed by atoms with E-state index < -0.39 is 9.84 Å². The van der Waals surface area contributed by atoms with Crippen molar-refractivity contribution >= 4 is 21.6 Å². The van der Waals surface area contributed by atoms with Crippen LogP contribution in [-0.4, -0.2) is 32.2 Å². The lowest BCUT2D eigenvalue weighted by atomic mass is 9.96. The van der Waals surface area contributed by atoms with Crippen LogP contribution in [0.25, 0.3) is 0 Å². The van der Waals surface area contributed by atoms with Gasteiger partial charge >= 0.3 is 6.03 Å². The molecule has 0 aliphatic heterocycles. The van der Waals surface area contributed by atoms with Crippen LogP contribution in [0.3, 0.4) is 0 Å². The van der Waals surface area contributed by atoms with Crippen molar-refractivity contribution in [2.24, 2.45) is 0 Å². The summed E-state index contributed by atoms with van der Waals surface area (Å²) in [7, 11) is -3.34. The van der Waals surface area contributed by atoms with E-state index in [-0.39, 0.29) is 16.5 Å². The number of aromatic nitrogens is 1. The van der Waals surface area contributed by atoms with Gasteiger partial charge in [0.1, 0.15) is 0 Å². The highest BCUT2D eigenvalue weighted by Gasteiger charge is 2.44. The van der Waals surface area contributed by atoms with Gasteiger partial charge < -0.3 is 10.6 Å². The average molecular weight is 345 g/mol. The van der Waals surface area contributed by atoms with Crippen molar-refractivity contribution in [3.05, 3.63) is 54.2 Å². The Hall–Kier alpha value is -2.41. The van der Waals surface area contributed by atoms with Gasteiger partial charge in [0.05, 0.1) is 11.9 Å². The van der Waals surface area contributed by atoms with E-state index in [2.05, 4.69) is 27.8 Å². The van der Waals surface area contributed by atoms with Gasteiger partial charge in [0.2, 0.25) is 0 Å². The maximum atomic E-state index is 12.0. The molecule has 6 nitrogen and oxygen atoms in total. The Balaban J connectivity index is 1.57. The lowest BCUT2D eigenvalue weighted by Gasteiger charge is -2.17. The molecule has 126 valence electrons. The fraction of sp³-hybridized carbons (Fsp3) is 0.294. The van der Waals surface area contributed by atoms with Crippen LogP contribution in [0.15, 0.2) is 53.7 Å². The Labute approximate surface area is 141 Å². The standard InChI is InChI=1S/C17H19N3O3S/c1-24(22,23)15-8-7-14(11-18-15)20-16(21)19-12-17(9-10-17)13-5-3-2-4-6-13/h2-8,11H,9-10,12H2,1H3,(H2,19,20,21). The molecule has 3 rings (SSSR count). The van der Waals surface area contributed by atoms with E-state index in [9.17, 15) is 13.2 Å². The third-order valence-corrected chi connectivity index (χ3v) is 5.20. The fourth-order valence-electron chi connectivity index (χ4n) is 2.61. The molecule has 2 amide bonds. The van der Waals surface area contributed by atoms with Crippen LogP contribution >= 0.6 is 0 Å². The minimum Gasteiger partial charge on any atom is -0.337 e. The number of hydrogen-bond donors (Lipinski definition) is 2. The van der Waals surface area contributed by atoms with Gasteiger partial charge in [0, 0.05) is 18.2 Å². The zero-order valence-corrected chi connectivity index (χ0v) is 14.1. The van der Waals surface area contributed by atoms with E-state index in [0.29, 0.717) is 12.2 Å². The SMILES string of the molecule is CS(=O)(=O)c1ccc(NC(=O)NCC2(c3ccccc3)CC2)cn1. The quantitative estimate of drug-likeness (QED) is 0.870. The Morgan fingerprint density at radius 1 is 1.17 bits per heavy atom. The molecule has 1 aliphatic carbocycles. The van der Waals surface area contributed by atoms with E-state index >= 15 is 0 Å². The summed E-state index contributed by atoms with van der Waals surface area (Å²) in [6.45, 7) is 0.567. The summed E-state index contributed by atoms with van der Waals surface area (Å²) in [4.78, 5) is 15.9. The van der Waals surface area contributed by atoms with Crippen LogP contribution in [0.2, 0.25) is 0 Å². The monoisotopic (exact) mass is 345 g/mol. The third kappa shape index (κ3) is 3.73. The molecule has 1 fully saturated rings. The molecule has 0 saturated heterocycles. The largest absolute Gasteiger partial charge is 0.337 e. The summed E-state index contributed by atoms with van der Waals surface area (Å²) in [6.07, 6.45) is 4.54. The lowest BCUT2D eigenvalue weighted by molar-refractivity contribution is 0.251. The van der Waals surface area contributed by atoms with Crippen LogP contribution in [-0.2, 0) is 15.3 Å². The zero-order chi connectivity index (χ0) is 17.2. The molecule has 2 aromatic rings. The maximum absolute atomic E-state index is 12.0. The van der Waals surface area contributed by atoms with Gasteiger partial charge in [-0.05, 0) is 30.5 Å². The number of rotatable bonds is 5. The molecule has 1 aromatic carbocycles. The Bertz CT molecular complexity index is 829. The average Bonchev–Trinajstić information content (AvgIpc) is 3.35. The van der Waals surface area contributed by atoms with Gasteiger partial charge in [-0.25, -0.2) is 18.2 Å². The summed E-state index contributed by atoms with van der Waals surface area (Å²) in [6, 6.07) is 12.7. The van der Waals surface area contributed by atoms with Gasteiger partial charge in [0.15, 0.2) is 14.9 Å². The van der Waals surface area contributed by atoms with Gasteiger partial charge in [-0.1, -0.05) is 30.3 Å². The first-order chi connectivity index (χ1) is 11.4. The van der Waals surface area contributed by atoms with E-state index in [0.717, 1.165) is 19.1 Å². The van der Waals surface area contributed by atoms with Crippen LogP contribution in [0.5, 0.6) is 0 Å². The number of benzene rings is 1. The summed E-state index contributed by atoms with van der Waals surface area (Å²) in [5, 5.41) is 5.53. The normalized spacial score (nSPS) is 15.5. The van der Waals surface area contributed by atoms with Crippen molar-refractivity contribution in [2.75, 3.05) is 18.1 Å². The fourth-order valence-corrected chi connectivity index (χ4v) is 3.17. The lowest BCUT2D eigenvalue weighted by Crippen LogP contribution is -2.35. The molecule has 1 heterocycles. The number of urea groups is 1. The highest BCUT2D eigenvalue weighted by molar-refractivity contribution is 7.90. The predicted octanol–water partition coefficient (Wildman–Crippen LogP) is 2.34. The van der Waals surface area contributed by atoms with Crippen LogP contribution < -0.4 is 10.6 Å². The number of sulfone groups is 1. The zero-order valence-electron chi connectivity index (χ0n) is 13.3. The highest BCUT2D eigenvalue weighted by Crippen LogP contribution is 2.47. The first kappa shape index (κ1) is 16.4. The molecule has 7 heteroatoms. The van der Waals surface area contributed by atoms with Crippen LogP contribution in [0.1, 0.15) is 18.4 Å². The molecule has 24 heavy (non-hydrogen) atoms. The van der Waals surface area contributed by atoms with E-state index in [4.69, 9.17) is 0 Å².